The number of methoxy groups -OCH3 is 1. The van der Waals surface area contributed by atoms with Crippen LogP contribution >= 0.6 is 0 Å². The van der Waals surface area contributed by atoms with E-state index in [0.717, 1.165) is 11.1 Å². The molecule has 0 spiro atoms. The van der Waals surface area contributed by atoms with Gasteiger partial charge in [0.1, 0.15) is 30.8 Å². The number of anilines is 3. The SMILES string of the molecule is COCC[N+](C)([O-])c1ccc(-n2c(=O)c(N3CCN(C(=O)OCc4ccccc4)c4c(C)cccc43)cc3cnc([S+](C)[O-])nc32)cc1. The Morgan fingerprint density at radius 2 is 1.77 bits per heavy atom. The summed E-state index contributed by atoms with van der Waals surface area (Å²) in [7, 11) is 3.09. The predicted octanol–water partition coefficient (Wildman–Crippen LogP) is 5.20. The van der Waals surface area contributed by atoms with Crippen LogP contribution in [0.3, 0.4) is 0 Å². The number of para-hydroxylation sites is 1. The van der Waals surface area contributed by atoms with Crippen LogP contribution in [-0.4, -0.2) is 71.8 Å². The molecule has 0 radical (unpaired) electrons. The minimum absolute atomic E-state index is 0.0898. The summed E-state index contributed by atoms with van der Waals surface area (Å²) in [6.07, 6.45) is 2.55. The van der Waals surface area contributed by atoms with Crippen molar-refractivity contribution in [3.05, 3.63) is 112 Å². The maximum atomic E-state index is 14.6. The Labute approximate surface area is 281 Å². The lowest BCUT2D eigenvalue weighted by atomic mass is 10.1. The molecule has 0 saturated carbocycles. The molecular weight excluding hydrogens is 632 g/mol. The molecular formula is C35H36N6O6S. The molecule has 2 atom stereocenters. The number of carbonyl (C=O) groups is 1. The topological polar surface area (TPSA) is 136 Å². The number of hydroxylamine groups is 2. The van der Waals surface area contributed by atoms with Crippen LogP contribution in [0.1, 0.15) is 11.1 Å². The summed E-state index contributed by atoms with van der Waals surface area (Å²) in [4.78, 5) is 40.3. The van der Waals surface area contributed by atoms with Crippen molar-refractivity contribution in [1.82, 2.24) is 19.2 Å². The lowest BCUT2D eigenvalue weighted by molar-refractivity contribution is 0.147. The maximum Gasteiger partial charge on any atom is 0.414 e. The fraction of sp³-hybridized carbons (Fsp3) is 0.257. The number of hydrogen-bond acceptors (Lipinski definition) is 9. The molecule has 12 nitrogen and oxygen atoms in total. The number of carbonyl (C=O) groups excluding carboxylic acids is 1. The van der Waals surface area contributed by atoms with Crippen molar-refractivity contribution in [3.8, 4) is 5.69 Å². The molecule has 248 valence electrons. The fourth-order valence-electron chi connectivity index (χ4n) is 5.82. The van der Waals surface area contributed by atoms with Gasteiger partial charge in [0.05, 0.1) is 30.7 Å². The van der Waals surface area contributed by atoms with Crippen LogP contribution in [-0.2, 0) is 27.3 Å². The van der Waals surface area contributed by atoms with Crippen LogP contribution in [0.2, 0.25) is 0 Å². The number of amides is 1. The second-order valence-electron chi connectivity index (χ2n) is 11.7. The Hall–Kier alpha value is -4.79. The molecule has 0 saturated heterocycles. The lowest BCUT2D eigenvalue weighted by Crippen LogP contribution is -2.44. The Morgan fingerprint density at radius 3 is 2.48 bits per heavy atom. The van der Waals surface area contributed by atoms with Crippen molar-refractivity contribution in [1.29, 1.82) is 0 Å². The summed E-state index contributed by atoms with van der Waals surface area (Å²) in [5.41, 5.74) is 4.25. The van der Waals surface area contributed by atoms with Gasteiger partial charge in [0.25, 0.3) is 5.56 Å². The van der Waals surface area contributed by atoms with E-state index in [1.54, 1.807) is 55.6 Å². The number of aryl methyl sites for hydroxylation is 1. The predicted molar refractivity (Wildman–Crippen MR) is 187 cm³/mol. The van der Waals surface area contributed by atoms with Crippen molar-refractivity contribution < 1.29 is 18.8 Å². The molecule has 6 rings (SSSR count). The summed E-state index contributed by atoms with van der Waals surface area (Å²) < 4.78 is 24.0. The second-order valence-corrected chi connectivity index (χ2v) is 12.9. The number of quaternary nitrogens is 1. The van der Waals surface area contributed by atoms with E-state index in [0.29, 0.717) is 47.0 Å². The van der Waals surface area contributed by atoms with Gasteiger partial charge in [-0.1, -0.05) is 42.5 Å². The van der Waals surface area contributed by atoms with E-state index in [1.807, 2.05) is 60.4 Å². The normalized spacial score (nSPS) is 14.8. The van der Waals surface area contributed by atoms with Crippen molar-refractivity contribution >= 4 is 51.1 Å². The average Bonchev–Trinajstić information content (AvgIpc) is 3.09. The number of likely N-dealkylation sites (N-methyl/N-ethyl adjacent to an activating group) is 1. The first-order chi connectivity index (χ1) is 23.1. The Balaban J connectivity index is 1.43. The number of rotatable bonds is 9. The van der Waals surface area contributed by atoms with E-state index in [4.69, 9.17) is 9.47 Å². The summed E-state index contributed by atoms with van der Waals surface area (Å²) in [6.45, 7) is 3.13. The zero-order chi connectivity index (χ0) is 34.0. The smallest absolute Gasteiger partial charge is 0.414 e. The number of hydrogen-bond donors (Lipinski definition) is 0. The van der Waals surface area contributed by atoms with Crippen molar-refractivity contribution in [2.75, 3.05) is 56.5 Å². The van der Waals surface area contributed by atoms with E-state index in [1.165, 1.54) is 10.8 Å². The van der Waals surface area contributed by atoms with Crippen LogP contribution in [0.15, 0.2) is 95.0 Å². The van der Waals surface area contributed by atoms with E-state index < -0.39 is 21.9 Å². The van der Waals surface area contributed by atoms with Gasteiger partial charge >= 0.3 is 11.2 Å². The number of aromatic nitrogens is 3. The van der Waals surface area contributed by atoms with E-state index in [2.05, 4.69) is 9.97 Å². The van der Waals surface area contributed by atoms with Crippen LogP contribution in [0, 0.1) is 12.1 Å². The van der Waals surface area contributed by atoms with Gasteiger partial charge in [0, 0.05) is 55.1 Å². The van der Waals surface area contributed by atoms with Gasteiger partial charge in [-0.25, -0.2) is 4.79 Å². The van der Waals surface area contributed by atoms with Gasteiger partial charge in [-0.2, -0.15) is 9.97 Å². The standard InChI is InChI=1S/C35H36N6O6S/c1-24-9-8-12-29-31(24)39(35(43)47-23-25-10-6-5-7-11-25)18-17-38(29)30-21-26-22-36-34(48(4)45)37-32(26)40(33(30)42)27-13-15-28(16-14-27)41(2,44)19-20-46-3/h5-16,21-22H,17-20,23H2,1-4H3. The van der Waals surface area contributed by atoms with Crippen LogP contribution < -0.4 is 20.0 Å². The lowest BCUT2D eigenvalue weighted by Gasteiger charge is -2.38. The fourth-order valence-corrected chi connectivity index (χ4v) is 6.24. The molecule has 2 unspecified atom stereocenters. The van der Waals surface area contributed by atoms with E-state index >= 15 is 0 Å². The van der Waals surface area contributed by atoms with Gasteiger partial charge in [-0.05, 0) is 42.3 Å². The summed E-state index contributed by atoms with van der Waals surface area (Å²) in [5, 5.41) is 13.8. The average molecular weight is 669 g/mol. The first kappa shape index (κ1) is 33.1. The molecule has 48 heavy (non-hydrogen) atoms. The number of nitrogens with zero attached hydrogens (tertiary/aromatic N) is 6. The van der Waals surface area contributed by atoms with Gasteiger partial charge in [0.15, 0.2) is 5.65 Å². The van der Waals surface area contributed by atoms with Crippen LogP contribution in [0.25, 0.3) is 16.7 Å². The molecule has 0 N–H and O–H groups in total. The molecule has 3 heterocycles. The summed E-state index contributed by atoms with van der Waals surface area (Å²) in [5.74, 6) is 0. The minimum Gasteiger partial charge on any atom is -0.627 e. The van der Waals surface area contributed by atoms with E-state index in [9.17, 15) is 19.3 Å². The summed E-state index contributed by atoms with van der Waals surface area (Å²) in [6, 6.07) is 23.6. The van der Waals surface area contributed by atoms with Crippen molar-refractivity contribution in [2.45, 2.75) is 18.7 Å². The Morgan fingerprint density at radius 1 is 1.02 bits per heavy atom. The summed E-state index contributed by atoms with van der Waals surface area (Å²) >= 11 is -1.49. The van der Waals surface area contributed by atoms with E-state index in [-0.39, 0.29) is 36.1 Å². The first-order valence-corrected chi connectivity index (χ1v) is 16.9. The zero-order valence-corrected chi connectivity index (χ0v) is 28.0. The highest BCUT2D eigenvalue weighted by Crippen LogP contribution is 2.40. The highest BCUT2D eigenvalue weighted by molar-refractivity contribution is 7.90. The largest absolute Gasteiger partial charge is 0.627 e. The Bertz CT molecular complexity index is 2000. The number of benzene rings is 3. The van der Waals surface area contributed by atoms with Gasteiger partial charge in [0.2, 0.25) is 0 Å². The van der Waals surface area contributed by atoms with Gasteiger partial charge in [-0.3, -0.25) is 14.3 Å². The highest BCUT2D eigenvalue weighted by atomic mass is 32.2. The maximum absolute atomic E-state index is 14.6. The highest BCUT2D eigenvalue weighted by Gasteiger charge is 2.32. The molecule has 3 aromatic carbocycles. The van der Waals surface area contributed by atoms with Crippen LogP contribution in [0.5, 0.6) is 0 Å². The third-order valence-corrected chi connectivity index (χ3v) is 9.08. The quantitative estimate of drug-likeness (QED) is 0.0898. The molecule has 2 aromatic heterocycles. The molecule has 0 aliphatic carbocycles. The van der Waals surface area contributed by atoms with Crippen molar-refractivity contribution in [3.63, 3.8) is 0 Å². The second kappa shape index (κ2) is 13.7. The molecule has 1 amide bonds. The molecule has 1 aliphatic heterocycles. The molecule has 5 aromatic rings. The number of fused-ring (bicyclic) bond motifs is 2. The number of pyridine rings is 1. The Kier molecular flexibility index (Phi) is 9.49. The number of ether oxygens (including phenoxy) is 2. The molecule has 0 bridgehead atoms. The van der Waals surface area contributed by atoms with Crippen LogP contribution in [0.4, 0.5) is 27.5 Å². The van der Waals surface area contributed by atoms with Gasteiger partial charge in [-0.15, -0.1) is 0 Å². The molecule has 13 heteroatoms. The van der Waals surface area contributed by atoms with Crippen molar-refractivity contribution in [2.24, 2.45) is 0 Å². The third kappa shape index (κ3) is 6.50. The monoisotopic (exact) mass is 668 g/mol. The first-order valence-electron chi connectivity index (χ1n) is 15.4. The molecule has 1 aliphatic rings. The zero-order valence-electron chi connectivity index (χ0n) is 27.2. The van der Waals surface area contributed by atoms with Gasteiger partial charge < -0.3 is 28.8 Å². The molecule has 0 fully saturated rings. The third-order valence-electron chi connectivity index (χ3n) is 8.37. The minimum atomic E-state index is -1.49.